The number of anilines is 1. The molecule has 3 heterocycles. The summed E-state index contributed by atoms with van der Waals surface area (Å²) < 4.78 is 13.6. The molecule has 7 heteroatoms. The van der Waals surface area contributed by atoms with Crippen LogP contribution in [0.5, 0.6) is 0 Å². The van der Waals surface area contributed by atoms with E-state index in [-0.39, 0.29) is 6.03 Å². The predicted molar refractivity (Wildman–Crippen MR) is 65.3 cm³/mol. The Morgan fingerprint density at radius 3 is 3.17 bits per heavy atom. The molecule has 0 unspecified atom stereocenters. The largest absolute Gasteiger partial charge is 0.374 e. The van der Waals surface area contributed by atoms with Crippen molar-refractivity contribution in [2.24, 2.45) is 17.8 Å². The van der Waals surface area contributed by atoms with Gasteiger partial charge in [0.25, 0.3) is 0 Å². The summed E-state index contributed by atoms with van der Waals surface area (Å²) in [4.78, 5) is 11.6. The normalized spacial score (nSPS) is 39.4. The van der Waals surface area contributed by atoms with Gasteiger partial charge in [-0.25, -0.2) is 4.79 Å². The summed E-state index contributed by atoms with van der Waals surface area (Å²) in [6.45, 7) is 0.688. The Morgan fingerprint density at radius 2 is 2.44 bits per heavy atom. The van der Waals surface area contributed by atoms with Gasteiger partial charge >= 0.3 is 6.03 Å². The summed E-state index contributed by atoms with van der Waals surface area (Å²) in [5.41, 5.74) is 0. The van der Waals surface area contributed by atoms with Crippen LogP contribution in [0.15, 0.2) is 6.20 Å². The van der Waals surface area contributed by atoms with Crippen LogP contribution in [0.2, 0.25) is 0 Å². The molecule has 1 saturated carbocycles. The van der Waals surface area contributed by atoms with Crippen molar-refractivity contribution in [2.45, 2.75) is 25.0 Å². The smallest absolute Gasteiger partial charge is 0.320 e. The zero-order valence-electron chi connectivity index (χ0n) is 9.70. The highest BCUT2D eigenvalue weighted by Gasteiger charge is 2.62. The number of hydrogen-bond acceptors (Lipinski definition) is 5. The second-order valence-corrected chi connectivity index (χ2v) is 5.88. The van der Waals surface area contributed by atoms with E-state index in [2.05, 4.69) is 19.4 Å². The van der Waals surface area contributed by atoms with Gasteiger partial charge in [0, 0.05) is 12.5 Å². The number of nitrogens with one attached hydrogen (secondary N) is 2. The Labute approximate surface area is 108 Å². The van der Waals surface area contributed by atoms with Crippen molar-refractivity contribution < 1.29 is 9.53 Å². The molecule has 0 radical (unpaired) electrons. The molecule has 96 valence electrons. The minimum absolute atomic E-state index is 0.210. The van der Waals surface area contributed by atoms with Crippen LogP contribution in [0.1, 0.15) is 12.8 Å². The first-order chi connectivity index (χ1) is 8.81. The van der Waals surface area contributed by atoms with E-state index in [1.54, 1.807) is 6.20 Å². The molecule has 3 aliphatic rings. The maximum absolute atomic E-state index is 11.6. The number of hydrogen-bond donors (Lipinski definition) is 2. The van der Waals surface area contributed by atoms with Gasteiger partial charge in [-0.05, 0) is 24.7 Å². The van der Waals surface area contributed by atoms with Crippen LogP contribution < -0.4 is 10.6 Å². The number of rotatable bonds is 3. The first-order valence-corrected chi connectivity index (χ1v) is 7.02. The lowest BCUT2D eigenvalue weighted by Crippen LogP contribution is -2.36. The minimum Gasteiger partial charge on any atom is -0.374 e. The summed E-state index contributed by atoms with van der Waals surface area (Å²) in [5, 5.41) is 5.55. The third-order valence-electron chi connectivity index (χ3n) is 4.25. The maximum Gasteiger partial charge on any atom is 0.320 e. The molecule has 1 aliphatic carbocycles. The lowest BCUT2D eigenvalue weighted by molar-refractivity contribution is 0.0614. The molecule has 0 aromatic carbocycles. The SMILES string of the molecule is O=C(NC[C@@H]1C[C@@H]2O[C@H]1[C@H]1C[C@H]12)Nc1cnsn1. The van der Waals surface area contributed by atoms with Crippen molar-refractivity contribution in [3.8, 4) is 0 Å². The van der Waals surface area contributed by atoms with Gasteiger partial charge in [0.15, 0.2) is 5.82 Å². The van der Waals surface area contributed by atoms with E-state index in [4.69, 9.17) is 4.74 Å². The van der Waals surface area contributed by atoms with Crippen LogP contribution in [-0.4, -0.2) is 33.5 Å². The van der Waals surface area contributed by atoms with Gasteiger partial charge in [-0.15, -0.1) is 0 Å². The molecule has 2 bridgehead atoms. The van der Waals surface area contributed by atoms with E-state index >= 15 is 0 Å². The summed E-state index contributed by atoms with van der Waals surface area (Å²) in [7, 11) is 0. The lowest BCUT2D eigenvalue weighted by atomic mass is 9.89. The molecule has 1 aromatic heterocycles. The summed E-state index contributed by atoms with van der Waals surface area (Å²) >= 11 is 1.08. The van der Waals surface area contributed by atoms with Crippen molar-refractivity contribution >= 4 is 23.6 Å². The quantitative estimate of drug-likeness (QED) is 0.858. The van der Waals surface area contributed by atoms with Crippen LogP contribution in [-0.2, 0) is 4.74 Å². The van der Waals surface area contributed by atoms with Crippen LogP contribution in [0.4, 0.5) is 10.6 Å². The van der Waals surface area contributed by atoms with Crippen molar-refractivity contribution in [2.75, 3.05) is 11.9 Å². The molecule has 2 saturated heterocycles. The number of ether oxygens (including phenoxy) is 1. The molecule has 2 amide bonds. The predicted octanol–water partition coefficient (Wildman–Crippen LogP) is 1.08. The van der Waals surface area contributed by atoms with E-state index in [1.165, 1.54) is 6.42 Å². The van der Waals surface area contributed by atoms with Gasteiger partial charge in [-0.1, -0.05) is 0 Å². The second kappa shape index (κ2) is 3.89. The molecule has 6 nitrogen and oxygen atoms in total. The molecule has 18 heavy (non-hydrogen) atoms. The minimum atomic E-state index is -0.210. The molecular formula is C11H14N4O2S. The molecule has 5 atom stereocenters. The van der Waals surface area contributed by atoms with E-state index in [0.717, 1.165) is 30.0 Å². The average molecular weight is 266 g/mol. The Kier molecular flexibility index (Phi) is 2.31. The van der Waals surface area contributed by atoms with Crippen LogP contribution in [0, 0.1) is 17.8 Å². The lowest BCUT2D eigenvalue weighted by Gasteiger charge is -2.18. The average Bonchev–Trinajstić information content (AvgIpc) is 2.76. The Bertz CT molecular complexity index is 466. The van der Waals surface area contributed by atoms with Crippen molar-refractivity contribution in [3.63, 3.8) is 0 Å². The van der Waals surface area contributed by atoms with Crippen LogP contribution in [0.3, 0.4) is 0 Å². The highest BCUT2D eigenvalue weighted by atomic mass is 32.1. The van der Waals surface area contributed by atoms with Gasteiger partial charge in [0.05, 0.1) is 30.1 Å². The number of amides is 2. The zero-order valence-corrected chi connectivity index (χ0v) is 10.5. The third kappa shape index (κ3) is 1.69. The number of carbonyl (C=O) groups excluding carboxylic acids is 1. The van der Waals surface area contributed by atoms with E-state index < -0.39 is 0 Å². The Morgan fingerprint density at radius 1 is 1.50 bits per heavy atom. The highest BCUT2D eigenvalue weighted by Crippen LogP contribution is 2.60. The maximum atomic E-state index is 11.6. The number of urea groups is 1. The van der Waals surface area contributed by atoms with Crippen molar-refractivity contribution in [1.29, 1.82) is 0 Å². The molecule has 1 aromatic rings. The fourth-order valence-corrected chi connectivity index (χ4v) is 3.75. The van der Waals surface area contributed by atoms with Crippen molar-refractivity contribution in [3.05, 3.63) is 6.20 Å². The fourth-order valence-electron chi connectivity index (χ4n) is 3.37. The molecule has 2 N–H and O–H groups in total. The first-order valence-electron chi connectivity index (χ1n) is 6.29. The zero-order chi connectivity index (χ0) is 12.1. The van der Waals surface area contributed by atoms with Gasteiger partial charge in [0.1, 0.15) is 0 Å². The number of carbonyl (C=O) groups is 1. The molecular weight excluding hydrogens is 252 g/mol. The number of fused-ring (bicyclic) bond motifs is 5. The van der Waals surface area contributed by atoms with Crippen LogP contribution >= 0.6 is 11.7 Å². The Hall–Kier alpha value is -1.21. The van der Waals surface area contributed by atoms with E-state index in [9.17, 15) is 4.79 Å². The van der Waals surface area contributed by atoms with Gasteiger partial charge in [-0.2, -0.15) is 8.75 Å². The molecule has 3 fully saturated rings. The Balaban J connectivity index is 1.28. The van der Waals surface area contributed by atoms with E-state index in [0.29, 0.717) is 30.5 Å². The first kappa shape index (κ1) is 10.7. The third-order valence-corrected chi connectivity index (χ3v) is 4.73. The number of aromatic nitrogens is 2. The van der Waals surface area contributed by atoms with Crippen molar-refractivity contribution in [1.82, 2.24) is 14.1 Å². The van der Waals surface area contributed by atoms with Gasteiger partial charge in [-0.3, -0.25) is 5.32 Å². The standard InChI is InChI=1S/C11H14N4O2S/c16-11(14-9-4-13-18-15-9)12-3-5-1-8-6-2-7(6)10(5)17-8/h4-8,10H,1-3H2,(H2,12,14,15,16)/t5-,6+,7-,8-,10+/m0/s1. The highest BCUT2D eigenvalue weighted by molar-refractivity contribution is 6.99. The fraction of sp³-hybridized carbons (Fsp3) is 0.727. The summed E-state index contributed by atoms with van der Waals surface area (Å²) in [5.74, 6) is 2.60. The molecule has 2 aliphatic heterocycles. The van der Waals surface area contributed by atoms with Crippen LogP contribution in [0.25, 0.3) is 0 Å². The summed E-state index contributed by atoms with van der Waals surface area (Å²) in [6.07, 6.45) is 4.84. The molecule has 0 spiro atoms. The summed E-state index contributed by atoms with van der Waals surface area (Å²) in [6, 6.07) is -0.210. The monoisotopic (exact) mass is 266 g/mol. The topological polar surface area (TPSA) is 76.1 Å². The van der Waals surface area contributed by atoms with Gasteiger partial charge < -0.3 is 10.1 Å². The second-order valence-electron chi connectivity index (χ2n) is 5.33. The number of nitrogens with zero attached hydrogens (tertiary/aromatic N) is 2. The van der Waals surface area contributed by atoms with Gasteiger partial charge in [0.2, 0.25) is 0 Å². The van der Waals surface area contributed by atoms with E-state index in [1.807, 2.05) is 0 Å². The molecule has 4 rings (SSSR count).